The van der Waals surface area contributed by atoms with Crippen molar-refractivity contribution in [2.75, 3.05) is 37.5 Å². The molecule has 0 aliphatic carbocycles. The number of anilines is 2. The number of ether oxygens (including phenoxy) is 2. The van der Waals surface area contributed by atoms with E-state index in [9.17, 15) is 10.1 Å². The Kier molecular flexibility index (Phi) is 7.34. The van der Waals surface area contributed by atoms with Gasteiger partial charge in [0.05, 0.1) is 14.2 Å². The molecule has 1 aliphatic heterocycles. The van der Waals surface area contributed by atoms with E-state index in [4.69, 9.17) is 9.47 Å². The Hall–Kier alpha value is -3.46. The van der Waals surface area contributed by atoms with Crippen molar-refractivity contribution in [2.24, 2.45) is 0 Å². The Labute approximate surface area is 177 Å². The van der Waals surface area contributed by atoms with E-state index in [0.29, 0.717) is 17.2 Å². The highest BCUT2D eigenvalue weighted by atomic mass is 16.5. The van der Waals surface area contributed by atoms with E-state index in [1.807, 2.05) is 18.2 Å². The molecule has 0 atom stereocenters. The fourth-order valence-corrected chi connectivity index (χ4v) is 3.54. The van der Waals surface area contributed by atoms with Crippen LogP contribution in [0, 0.1) is 11.3 Å². The van der Waals surface area contributed by atoms with Gasteiger partial charge in [0.25, 0.3) is 5.91 Å². The molecule has 0 saturated carbocycles. The molecule has 156 valence electrons. The number of benzene rings is 2. The van der Waals surface area contributed by atoms with E-state index in [2.05, 4.69) is 22.3 Å². The normalized spacial score (nSPS) is 14.4. The molecule has 1 amide bonds. The third-order valence-corrected chi connectivity index (χ3v) is 5.18. The van der Waals surface area contributed by atoms with Gasteiger partial charge in [-0.05, 0) is 48.7 Å². The first-order valence-electron chi connectivity index (χ1n) is 10.1. The van der Waals surface area contributed by atoms with Crippen LogP contribution >= 0.6 is 0 Å². The van der Waals surface area contributed by atoms with Gasteiger partial charge in [0, 0.05) is 30.5 Å². The first-order chi connectivity index (χ1) is 14.6. The summed E-state index contributed by atoms with van der Waals surface area (Å²) in [5.74, 6) is 0.597. The zero-order valence-corrected chi connectivity index (χ0v) is 17.5. The molecule has 0 spiro atoms. The highest BCUT2D eigenvalue weighted by Crippen LogP contribution is 2.30. The summed E-state index contributed by atoms with van der Waals surface area (Å²) in [5, 5.41) is 12.2. The second-order valence-corrected chi connectivity index (χ2v) is 7.19. The van der Waals surface area contributed by atoms with Crippen LogP contribution in [-0.2, 0) is 4.79 Å². The highest BCUT2D eigenvalue weighted by Gasteiger charge is 2.13. The van der Waals surface area contributed by atoms with Crippen LogP contribution in [0.15, 0.2) is 48.0 Å². The van der Waals surface area contributed by atoms with Crippen molar-refractivity contribution >= 4 is 23.4 Å². The molecule has 3 rings (SSSR count). The quantitative estimate of drug-likeness (QED) is 0.560. The van der Waals surface area contributed by atoms with Crippen molar-refractivity contribution in [1.29, 1.82) is 5.26 Å². The zero-order chi connectivity index (χ0) is 21.3. The highest BCUT2D eigenvalue weighted by molar-refractivity contribution is 6.09. The van der Waals surface area contributed by atoms with Crippen LogP contribution in [-0.4, -0.2) is 33.2 Å². The fraction of sp³-hybridized carbons (Fsp3) is 0.333. The number of carbonyl (C=O) groups excluding carboxylic acids is 1. The van der Waals surface area contributed by atoms with Crippen LogP contribution in [0.25, 0.3) is 6.08 Å². The van der Waals surface area contributed by atoms with E-state index in [1.54, 1.807) is 31.4 Å². The summed E-state index contributed by atoms with van der Waals surface area (Å²) in [5.41, 5.74) is 2.55. The van der Waals surface area contributed by atoms with Crippen molar-refractivity contribution in [3.63, 3.8) is 0 Å². The van der Waals surface area contributed by atoms with Crippen molar-refractivity contribution in [2.45, 2.75) is 25.7 Å². The number of nitriles is 1. The number of rotatable bonds is 6. The van der Waals surface area contributed by atoms with Gasteiger partial charge in [-0.25, -0.2) is 0 Å². The van der Waals surface area contributed by atoms with Gasteiger partial charge in [0.2, 0.25) is 0 Å². The Balaban J connectivity index is 1.71. The minimum atomic E-state index is -0.471. The van der Waals surface area contributed by atoms with Crippen LogP contribution in [0.2, 0.25) is 0 Å². The average Bonchev–Trinajstić information content (AvgIpc) is 3.07. The predicted octanol–water partition coefficient (Wildman–Crippen LogP) is 4.63. The second kappa shape index (κ2) is 10.4. The minimum absolute atomic E-state index is 0.0345. The second-order valence-electron chi connectivity index (χ2n) is 7.19. The number of nitrogens with one attached hydrogen (secondary N) is 1. The number of hydrogen-bond acceptors (Lipinski definition) is 5. The number of methoxy groups -OCH3 is 2. The summed E-state index contributed by atoms with van der Waals surface area (Å²) in [7, 11) is 3.07. The maximum absolute atomic E-state index is 12.6. The lowest BCUT2D eigenvalue weighted by molar-refractivity contribution is -0.112. The van der Waals surface area contributed by atoms with E-state index in [-0.39, 0.29) is 5.57 Å². The Morgan fingerprint density at radius 1 is 1.00 bits per heavy atom. The molecule has 1 N–H and O–H groups in total. The molecule has 2 aromatic rings. The summed E-state index contributed by atoms with van der Waals surface area (Å²) in [6, 6.07) is 15.0. The molecule has 30 heavy (non-hydrogen) atoms. The van der Waals surface area contributed by atoms with Gasteiger partial charge in [-0.2, -0.15) is 5.26 Å². The van der Waals surface area contributed by atoms with Gasteiger partial charge in [-0.15, -0.1) is 0 Å². The molecule has 6 nitrogen and oxygen atoms in total. The standard InChI is InChI=1S/C24H27N3O3/c1-29-22-12-9-20(16-23(22)30-2)26-24(28)19(17-25)15-18-7-10-21(11-8-18)27-13-5-3-4-6-14-27/h7-12,15-16H,3-6,13-14H2,1-2H3,(H,26,28)/b19-15+. The van der Waals surface area contributed by atoms with E-state index in [0.717, 1.165) is 18.7 Å². The number of nitrogens with zero attached hydrogens (tertiary/aromatic N) is 2. The molecule has 0 bridgehead atoms. The van der Waals surface area contributed by atoms with Crippen molar-refractivity contribution < 1.29 is 14.3 Å². The first kappa shape index (κ1) is 21.3. The molecule has 0 unspecified atom stereocenters. The fourth-order valence-electron chi connectivity index (χ4n) is 3.54. The van der Waals surface area contributed by atoms with Gasteiger partial charge in [-0.1, -0.05) is 25.0 Å². The summed E-state index contributed by atoms with van der Waals surface area (Å²) < 4.78 is 10.4. The molecule has 1 fully saturated rings. The summed E-state index contributed by atoms with van der Waals surface area (Å²) in [4.78, 5) is 15.0. The largest absolute Gasteiger partial charge is 0.493 e. The molecule has 1 saturated heterocycles. The number of amides is 1. The summed E-state index contributed by atoms with van der Waals surface area (Å²) >= 11 is 0. The molecule has 0 aromatic heterocycles. The Morgan fingerprint density at radius 2 is 1.67 bits per heavy atom. The van der Waals surface area contributed by atoms with E-state index < -0.39 is 5.91 Å². The van der Waals surface area contributed by atoms with Gasteiger partial charge in [0.15, 0.2) is 11.5 Å². The molecular weight excluding hydrogens is 378 g/mol. The van der Waals surface area contributed by atoms with Gasteiger partial charge in [-0.3, -0.25) is 4.79 Å². The maximum Gasteiger partial charge on any atom is 0.266 e. The van der Waals surface area contributed by atoms with Crippen molar-refractivity contribution in [3.05, 3.63) is 53.6 Å². The maximum atomic E-state index is 12.6. The lowest BCUT2D eigenvalue weighted by Gasteiger charge is -2.22. The predicted molar refractivity (Wildman–Crippen MR) is 119 cm³/mol. The van der Waals surface area contributed by atoms with Crippen LogP contribution in [0.1, 0.15) is 31.2 Å². The van der Waals surface area contributed by atoms with Crippen molar-refractivity contribution in [1.82, 2.24) is 0 Å². The van der Waals surface area contributed by atoms with Gasteiger partial charge in [0.1, 0.15) is 11.6 Å². The lowest BCUT2D eigenvalue weighted by atomic mass is 10.1. The van der Waals surface area contributed by atoms with Crippen molar-refractivity contribution in [3.8, 4) is 17.6 Å². The van der Waals surface area contributed by atoms with Crippen LogP contribution in [0.4, 0.5) is 11.4 Å². The molecule has 2 aromatic carbocycles. The van der Waals surface area contributed by atoms with Gasteiger partial charge < -0.3 is 19.7 Å². The molecule has 1 heterocycles. The number of hydrogen-bond donors (Lipinski definition) is 1. The smallest absolute Gasteiger partial charge is 0.266 e. The topological polar surface area (TPSA) is 74.6 Å². The molecule has 6 heteroatoms. The summed E-state index contributed by atoms with van der Waals surface area (Å²) in [6.45, 7) is 2.15. The monoisotopic (exact) mass is 405 g/mol. The summed E-state index contributed by atoms with van der Waals surface area (Å²) in [6.07, 6.45) is 6.62. The minimum Gasteiger partial charge on any atom is -0.493 e. The van der Waals surface area contributed by atoms with E-state index in [1.165, 1.54) is 38.5 Å². The van der Waals surface area contributed by atoms with Crippen LogP contribution in [0.3, 0.4) is 0 Å². The first-order valence-corrected chi connectivity index (χ1v) is 10.1. The third-order valence-electron chi connectivity index (χ3n) is 5.18. The van der Waals surface area contributed by atoms with Crippen LogP contribution < -0.4 is 19.7 Å². The zero-order valence-electron chi connectivity index (χ0n) is 17.5. The van der Waals surface area contributed by atoms with E-state index >= 15 is 0 Å². The SMILES string of the molecule is COc1ccc(NC(=O)/C(C#N)=C/c2ccc(N3CCCCCC3)cc2)cc1OC. The number of carbonyl (C=O) groups is 1. The molecule has 0 radical (unpaired) electrons. The third kappa shape index (κ3) is 5.32. The molecular formula is C24H27N3O3. The molecule has 1 aliphatic rings. The van der Waals surface area contributed by atoms with Gasteiger partial charge >= 0.3 is 0 Å². The average molecular weight is 405 g/mol. The lowest BCUT2D eigenvalue weighted by Crippen LogP contribution is -2.23. The van der Waals surface area contributed by atoms with Crippen LogP contribution in [0.5, 0.6) is 11.5 Å². The Bertz CT molecular complexity index is 937. The Morgan fingerprint density at radius 3 is 2.27 bits per heavy atom.